The second-order valence-electron chi connectivity index (χ2n) is 9.31. The number of ether oxygens (including phenoxy) is 2. The van der Waals surface area contributed by atoms with Crippen LogP contribution in [0.4, 0.5) is 14.9 Å². The van der Waals surface area contributed by atoms with Crippen LogP contribution >= 0.6 is 11.3 Å². The molecule has 0 radical (unpaired) electrons. The average Bonchev–Trinajstić information content (AvgIpc) is 3.60. The van der Waals surface area contributed by atoms with Crippen LogP contribution in [0.2, 0.25) is 0 Å². The highest BCUT2D eigenvalue weighted by atomic mass is 32.1. The number of halogens is 1. The smallest absolute Gasteiger partial charge is 0.411 e. The number of nitrogens with zero attached hydrogens (tertiary/aromatic N) is 2. The fourth-order valence-corrected chi connectivity index (χ4v) is 5.28. The van der Waals surface area contributed by atoms with E-state index >= 15 is 0 Å². The molecule has 2 aromatic carbocycles. The second kappa shape index (κ2) is 12.4. The Hall–Kier alpha value is -3.80. The summed E-state index contributed by atoms with van der Waals surface area (Å²) in [6.45, 7) is 4.04. The van der Waals surface area contributed by atoms with Crippen LogP contribution in [0.25, 0.3) is 0 Å². The van der Waals surface area contributed by atoms with E-state index in [-0.39, 0.29) is 24.2 Å². The summed E-state index contributed by atoms with van der Waals surface area (Å²) in [5.74, 6) is -0.991. The van der Waals surface area contributed by atoms with Crippen molar-refractivity contribution in [1.82, 2.24) is 15.1 Å². The third-order valence-corrected chi connectivity index (χ3v) is 7.54. The van der Waals surface area contributed by atoms with Gasteiger partial charge in [0.05, 0.1) is 24.6 Å². The molecule has 39 heavy (non-hydrogen) atoms. The SMILES string of the molecule is O=C(Nc1cccc(C2OC(=O)N(Cc3ccc(F)cc3)C2C(=O)NCCN2CCOCC2)c1)c1cccs1. The normalized spacial score (nSPS) is 19.5. The summed E-state index contributed by atoms with van der Waals surface area (Å²) in [4.78, 5) is 43.3. The molecule has 0 bridgehead atoms. The van der Waals surface area contributed by atoms with Crippen LogP contribution in [0.15, 0.2) is 66.0 Å². The van der Waals surface area contributed by atoms with Gasteiger partial charge in [-0.2, -0.15) is 0 Å². The van der Waals surface area contributed by atoms with Gasteiger partial charge < -0.3 is 20.1 Å². The standard InChI is InChI=1S/C28H29FN4O5S/c29-21-8-6-19(7-9-21)18-33-24(27(35)30-10-11-32-12-14-37-15-13-32)25(38-28(33)36)20-3-1-4-22(17-20)31-26(34)23-5-2-16-39-23/h1-9,16-17,24-25H,10-15,18H2,(H,30,35)(H,31,34). The maximum atomic E-state index is 13.5. The first-order chi connectivity index (χ1) is 19.0. The lowest BCUT2D eigenvalue weighted by atomic mass is 10.00. The molecule has 2 aliphatic heterocycles. The van der Waals surface area contributed by atoms with Crippen LogP contribution < -0.4 is 10.6 Å². The second-order valence-corrected chi connectivity index (χ2v) is 10.3. The van der Waals surface area contributed by atoms with Crippen LogP contribution in [-0.4, -0.2) is 73.1 Å². The molecule has 0 saturated carbocycles. The van der Waals surface area contributed by atoms with Crippen molar-refractivity contribution in [3.8, 4) is 0 Å². The van der Waals surface area contributed by atoms with Crippen LogP contribution in [0.5, 0.6) is 0 Å². The zero-order chi connectivity index (χ0) is 27.2. The van der Waals surface area contributed by atoms with Gasteiger partial charge in [0.2, 0.25) is 5.91 Å². The zero-order valence-corrected chi connectivity index (χ0v) is 22.0. The predicted molar refractivity (Wildman–Crippen MR) is 144 cm³/mol. The number of carbonyl (C=O) groups is 3. The lowest BCUT2D eigenvalue weighted by Crippen LogP contribution is -2.48. The van der Waals surface area contributed by atoms with E-state index in [0.717, 1.165) is 13.1 Å². The molecule has 0 spiro atoms. The third kappa shape index (κ3) is 6.62. The molecule has 3 aromatic rings. The molecule has 3 amide bonds. The highest BCUT2D eigenvalue weighted by molar-refractivity contribution is 7.12. The summed E-state index contributed by atoms with van der Waals surface area (Å²) < 4.78 is 24.6. The van der Waals surface area contributed by atoms with Gasteiger partial charge in [-0.3, -0.25) is 19.4 Å². The first kappa shape index (κ1) is 26.8. The number of hydrogen-bond donors (Lipinski definition) is 2. The minimum absolute atomic E-state index is 0.0754. The molecule has 1 aromatic heterocycles. The highest BCUT2D eigenvalue weighted by Gasteiger charge is 2.47. The summed E-state index contributed by atoms with van der Waals surface area (Å²) in [6.07, 6.45) is -1.55. The molecular formula is C28H29FN4O5S. The number of morpholine rings is 1. The topological polar surface area (TPSA) is 100 Å². The van der Waals surface area contributed by atoms with Gasteiger partial charge in [0.25, 0.3) is 5.91 Å². The Labute approximate surface area is 229 Å². The van der Waals surface area contributed by atoms with Crippen LogP contribution in [0.1, 0.15) is 26.9 Å². The summed E-state index contributed by atoms with van der Waals surface area (Å²) in [5.41, 5.74) is 1.75. The van der Waals surface area contributed by atoms with Crippen molar-refractivity contribution in [2.75, 3.05) is 44.7 Å². The lowest BCUT2D eigenvalue weighted by Gasteiger charge is -2.28. The summed E-state index contributed by atoms with van der Waals surface area (Å²) in [6, 6.07) is 15.3. The molecule has 5 rings (SSSR count). The molecule has 2 fully saturated rings. The monoisotopic (exact) mass is 552 g/mol. The quantitative estimate of drug-likeness (QED) is 0.421. The number of nitrogens with one attached hydrogen (secondary N) is 2. The fraction of sp³-hybridized carbons (Fsp3) is 0.321. The number of benzene rings is 2. The number of rotatable bonds is 9. The molecule has 204 valence electrons. The molecule has 9 nitrogen and oxygen atoms in total. The van der Waals surface area contributed by atoms with E-state index in [1.807, 2.05) is 5.38 Å². The first-order valence-corrected chi connectivity index (χ1v) is 13.6. The molecule has 2 N–H and O–H groups in total. The molecule has 0 aliphatic carbocycles. The van der Waals surface area contributed by atoms with E-state index in [2.05, 4.69) is 15.5 Å². The molecule has 11 heteroatoms. The van der Waals surface area contributed by atoms with Gasteiger partial charge in [0, 0.05) is 31.9 Å². The zero-order valence-electron chi connectivity index (χ0n) is 21.2. The molecule has 2 saturated heterocycles. The molecule has 2 atom stereocenters. The Morgan fingerprint density at radius 3 is 2.59 bits per heavy atom. The number of amides is 3. The molecule has 2 aliphatic rings. The van der Waals surface area contributed by atoms with Crippen molar-refractivity contribution in [2.24, 2.45) is 0 Å². The highest BCUT2D eigenvalue weighted by Crippen LogP contribution is 2.35. The van der Waals surface area contributed by atoms with E-state index in [1.165, 1.54) is 28.4 Å². The van der Waals surface area contributed by atoms with Crippen molar-refractivity contribution in [2.45, 2.75) is 18.7 Å². The number of cyclic esters (lactones) is 1. The number of carbonyl (C=O) groups excluding carboxylic acids is 3. The largest absolute Gasteiger partial charge is 0.438 e. The maximum absolute atomic E-state index is 13.5. The number of hydrogen-bond acceptors (Lipinski definition) is 7. The maximum Gasteiger partial charge on any atom is 0.411 e. The van der Waals surface area contributed by atoms with Crippen molar-refractivity contribution in [3.05, 3.63) is 87.9 Å². The molecule has 2 unspecified atom stereocenters. The first-order valence-electron chi connectivity index (χ1n) is 12.7. The lowest BCUT2D eigenvalue weighted by molar-refractivity contribution is -0.126. The van der Waals surface area contributed by atoms with E-state index in [9.17, 15) is 18.8 Å². The van der Waals surface area contributed by atoms with Crippen molar-refractivity contribution < 1.29 is 28.2 Å². The van der Waals surface area contributed by atoms with Crippen LogP contribution in [0.3, 0.4) is 0 Å². The van der Waals surface area contributed by atoms with Gasteiger partial charge in [0.1, 0.15) is 5.82 Å². The van der Waals surface area contributed by atoms with E-state index in [0.29, 0.717) is 48.0 Å². The van der Waals surface area contributed by atoms with E-state index in [1.54, 1.807) is 48.5 Å². The minimum Gasteiger partial charge on any atom is -0.438 e. The van der Waals surface area contributed by atoms with Gasteiger partial charge >= 0.3 is 6.09 Å². The van der Waals surface area contributed by atoms with Gasteiger partial charge in [0.15, 0.2) is 12.1 Å². The van der Waals surface area contributed by atoms with E-state index < -0.39 is 18.2 Å². The summed E-state index contributed by atoms with van der Waals surface area (Å²) in [5, 5.41) is 7.64. The number of anilines is 1. The Morgan fingerprint density at radius 1 is 1.05 bits per heavy atom. The van der Waals surface area contributed by atoms with Crippen molar-refractivity contribution in [3.63, 3.8) is 0 Å². The van der Waals surface area contributed by atoms with Crippen LogP contribution in [0, 0.1) is 5.82 Å². The fourth-order valence-electron chi connectivity index (χ4n) is 4.66. The summed E-state index contributed by atoms with van der Waals surface area (Å²) in [7, 11) is 0. The Morgan fingerprint density at radius 2 is 1.85 bits per heavy atom. The Bertz CT molecular complexity index is 1300. The average molecular weight is 553 g/mol. The van der Waals surface area contributed by atoms with Gasteiger partial charge in [-0.25, -0.2) is 9.18 Å². The summed E-state index contributed by atoms with van der Waals surface area (Å²) >= 11 is 1.33. The van der Waals surface area contributed by atoms with Crippen LogP contribution in [-0.2, 0) is 20.8 Å². The Kier molecular flexibility index (Phi) is 8.50. The van der Waals surface area contributed by atoms with Crippen molar-refractivity contribution >= 4 is 34.9 Å². The van der Waals surface area contributed by atoms with Crippen molar-refractivity contribution in [1.29, 1.82) is 0 Å². The van der Waals surface area contributed by atoms with E-state index in [4.69, 9.17) is 9.47 Å². The molecular weight excluding hydrogens is 523 g/mol. The minimum atomic E-state index is -0.963. The van der Waals surface area contributed by atoms with Gasteiger partial charge in [-0.05, 0) is 46.8 Å². The number of thiophene rings is 1. The Balaban J connectivity index is 1.35. The van der Waals surface area contributed by atoms with Gasteiger partial charge in [-0.15, -0.1) is 11.3 Å². The predicted octanol–water partition coefficient (Wildman–Crippen LogP) is 3.65. The van der Waals surface area contributed by atoms with Gasteiger partial charge in [-0.1, -0.05) is 30.3 Å². The molecule has 3 heterocycles. The third-order valence-electron chi connectivity index (χ3n) is 6.67.